The number of carbonyl (C=O) groups excluding carboxylic acids is 1. The number of pyridine rings is 1. The van der Waals surface area contributed by atoms with Crippen LogP contribution in [-0.2, 0) is 11.0 Å². The fraction of sp³-hybridized carbons (Fsp3) is 0.200. The molecular formula is C15H11F3N2O. The molecule has 3 rings (SSSR count). The highest BCUT2D eigenvalue weighted by molar-refractivity contribution is 5.95. The molecular weight excluding hydrogens is 281 g/mol. The smallest absolute Gasteiger partial charge is 0.326 e. The number of benzene rings is 1. The zero-order valence-electron chi connectivity index (χ0n) is 10.8. The van der Waals surface area contributed by atoms with Crippen molar-refractivity contribution in [2.24, 2.45) is 0 Å². The van der Waals surface area contributed by atoms with Gasteiger partial charge in [-0.2, -0.15) is 13.2 Å². The van der Waals surface area contributed by atoms with Gasteiger partial charge in [-0.25, -0.2) is 0 Å². The van der Waals surface area contributed by atoms with Crippen molar-refractivity contribution in [1.82, 2.24) is 4.98 Å². The molecule has 6 heteroatoms. The van der Waals surface area contributed by atoms with Crippen LogP contribution in [0.4, 0.5) is 18.9 Å². The third-order valence-electron chi connectivity index (χ3n) is 3.46. The van der Waals surface area contributed by atoms with Crippen molar-refractivity contribution >= 4 is 11.6 Å². The molecule has 1 amide bonds. The maximum Gasteiger partial charge on any atom is 0.416 e. The van der Waals surface area contributed by atoms with E-state index in [0.29, 0.717) is 16.9 Å². The van der Waals surface area contributed by atoms with Gasteiger partial charge in [-0.3, -0.25) is 9.78 Å². The zero-order valence-corrected chi connectivity index (χ0v) is 10.8. The Balaban J connectivity index is 2.12. The molecule has 1 N–H and O–H groups in total. The van der Waals surface area contributed by atoms with Gasteiger partial charge in [0.2, 0.25) is 5.91 Å². The molecule has 0 saturated heterocycles. The van der Waals surface area contributed by atoms with Gasteiger partial charge in [0.25, 0.3) is 0 Å². The molecule has 0 fully saturated rings. The van der Waals surface area contributed by atoms with Gasteiger partial charge in [0.05, 0.1) is 5.56 Å². The SMILES string of the molecule is O=C1CC(c2ccccn2)c2cc(C(F)(F)F)ccc2N1. The molecule has 1 aromatic heterocycles. The highest BCUT2D eigenvalue weighted by Gasteiger charge is 2.34. The summed E-state index contributed by atoms with van der Waals surface area (Å²) in [5.74, 6) is -0.685. The number of hydrogen-bond donors (Lipinski definition) is 1. The monoisotopic (exact) mass is 292 g/mol. The minimum absolute atomic E-state index is 0.0886. The van der Waals surface area contributed by atoms with Crippen LogP contribution in [-0.4, -0.2) is 10.9 Å². The fourth-order valence-electron chi connectivity index (χ4n) is 2.48. The van der Waals surface area contributed by atoms with Crippen LogP contribution < -0.4 is 5.32 Å². The van der Waals surface area contributed by atoms with Crippen molar-refractivity contribution in [1.29, 1.82) is 0 Å². The summed E-state index contributed by atoms with van der Waals surface area (Å²) >= 11 is 0. The number of nitrogens with one attached hydrogen (secondary N) is 1. The van der Waals surface area contributed by atoms with Crippen LogP contribution in [0.1, 0.15) is 29.2 Å². The first-order valence-electron chi connectivity index (χ1n) is 6.37. The molecule has 21 heavy (non-hydrogen) atoms. The van der Waals surface area contributed by atoms with Gasteiger partial charge < -0.3 is 5.32 Å². The average Bonchev–Trinajstić information content (AvgIpc) is 2.46. The van der Waals surface area contributed by atoms with E-state index in [4.69, 9.17) is 0 Å². The largest absolute Gasteiger partial charge is 0.416 e. The van der Waals surface area contributed by atoms with Crippen molar-refractivity contribution < 1.29 is 18.0 Å². The Morgan fingerprint density at radius 1 is 1.19 bits per heavy atom. The molecule has 1 aliphatic rings. The molecule has 1 unspecified atom stereocenters. The molecule has 0 saturated carbocycles. The fourth-order valence-corrected chi connectivity index (χ4v) is 2.48. The lowest BCUT2D eigenvalue weighted by Crippen LogP contribution is -2.24. The summed E-state index contributed by atoms with van der Waals surface area (Å²) in [5, 5.41) is 2.60. The lowest BCUT2D eigenvalue weighted by molar-refractivity contribution is -0.137. The normalized spacial score (nSPS) is 18.0. The second-order valence-corrected chi connectivity index (χ2v) is 4.86. The maximum atomic E-state index is 12.9. The molecule has 2 heterocycles. The second kappa shape index (κ2) is 4.87. The van der Waals surface area contributed by atoms with E-state index in [-0.39, 0.29) is 12.3 Å². The van der Waals surface area contributed by atoms with E-state index in [9.17, 15) is 18.0 Å². The van der Waals surface area contributed by atoms with Crippen molar-refractivity contribution in [3.8, 4) is 0 Å². The number of anilines is 1. The van der Waals surface area contributed by atoms with Gasteiger partial charge in [-0.1, -0.05) is 6.07 Å². The average molecular weight is 292 g/mol. The van der Waals surface area contributed by atoms with Crippen LogP contribution >= 0.6 is 0 Å². The number of aromatic nitrogens is 1. The maximum absolute atomic E-state index is 12.9. The number of rotatable bonds is 1. The second-order valence-electron chi connectivity index (χ2n) is 4.86. The van der Waals surface area contributed by atoms with Crippen LogP contribution in [0.3, 0.4) is 0 Å². The lowest BCUT2D eigenvalue weighted by atomic mass is 9.86. The number of halogens is 3. The van der Waals surface area contributed by atoms with Crippen molar-refractivity contribution in [2.75, 3.05) is 5.32 Å². The molecule has 1 aromatic carbocycles. The molecule has 0 spiro atoms. The lowest BCUT2D eigenvalue weighted by Gasteiger charge is -2.26. The molecule has 2 aromatic rings. The van der Waals surface area contributed by atoms with E-state index in [2.05, 4.69) is 10.3 Å². The predicted molar refractivity (Wildman–Crippen MR) is 70.8 cm³/mol. The van der Waals surface area contributed by atoms with Crippen molar-refractivity contribution in [3.63, 3.8) is 0 Å². The predicted octanol–water partition coefficient (Wildman–Crippen LogP) is 3.57. The number of nitrogens with zero attached hydrogens (tertiary/aromatic N) is 1. The number of alkyl halides is 3. The first-order chi connectivity index (χ1) is 9.95. The molecule has 0 bridgehead atoms. The van der Waals surface area contributed by atoms with Crippen LogP contribution in [0, 0.1) is 0 Å². The van der Waals surface area contributed by atoms with Crippen molar-refractivity contribution in [3.05, 3.63) is 59.4 Å². The Morgan fingerprint density at radius 2 is 2.00 bits per heavy atom. The summed E-state index contributed by atoms with van der Waals surface area (Å²) < 4.78 is 38.6. The number of fused-ring (bicyclic) bond motifs is 1. The van der Waals surface area contributed by atoms with Gasteiger partial charge in [-0.15, -0.1) is 0 Å². The minimum Gasteiger partial charge on any atom is -0.326 e. The third kappa shape index (κ3) is 2.61. The summed E-state index contributed by atoms with van der Waals surface area (Å²) in [6.45, 7) is 0. The summed E-state index contributed by atoms with van der Waals surface area (Å²) in [5.41, 5.74) is 0.726. The Bertz CT molecular complexity index is 683. The molecule has 3 nitrogen and oxygen atoms in total. The van der Waals surface area contributed by atoms with Gasteiger partial charge in [0.15, 0.2) is 0 Å². The minimum atomic E-state index is -4.41. The van der Waals surface area contributed by atoms with Gasteiger partial charge in [0.1, 0.15) is 0 Å². The van der Waals surface area contributed by atoms with Crippen LogP contribution in [0.2, 0.25) is 0 Å². The van der Waals surface area contributed by atoms with Crippen LogP contribution in [0.5, 0.6) is 0 Å². The Kier molecular flexibility index (Phi) is 3.16. The summed E-state index contributed by atoms with van der Waals surface area (Å²) in [7, 11) is 0. The molecule has 0 radical (unpaired) electrons. The Morgan fingerprint density at radius 3 is 2.67 bits per heavy atom. The van der Waals surface area contributed by atoms with E-state index in [1.54, 1.807) is 24.4 Å². The van der Waals surface area contributed by atoms with E-state index in [1.807, 2.05) is 0 Å². The van der Waals surface area contributed by atoms with Crippen LogP contribution in [0.25, 0.3) is 0 Å². The van der Waals surface area contributed by atoms with E-state index < -0.39 is 17.7 Å². The highest BCUT2D eigenvalue weighted by Crippen LogP contribution is 2.39. The first kappa shape index (κ1) is 13.6. The van der Waals surface area contributed by atoms with Crippen molar-refractivity contribution in [2.45, 2.75) is 18.5 Å². The van der Waals surface area contributed by atoms with E-state index in [0.717, 1.165) is 12.1 Å². The topological polar surface area (TPSA) is 42.0 Å². The molecule has 1 aliphatic heterocycles. The highest BCUT2D eigenvalue weighted by atomic mass is 19.4. The Hall–Kier alpha value is -2.37. The quantitative estimate of drug-likeness (QED) is 0.873. The zero-order chi connectivity index (χ0) is 15.0. The molecule has 1 atom stereocenters. The standard InChI is InChI=1S/C15H11F3N2O/c16-15(17,18)9-4-5-13-10(7-9)11(8-14(21)20-13)12-3-1-2-6-19-12/h1-7,11H,8H2,(H,20,21). The molecule has 0 aliphatic carbocycles. The number of carbonyl (C=O) groups is 1. The number of hydrogen-bond acceptors (Lipinski definition) is 2. The van der Waals surface area contributed by atoms with Gasteiger partial charge in [0, 0.05) is 29.9 Å². The van der Waals surface area contributed by atoms with Gasteiger partial charge in [-0.05, 0) is 35.9 Å². The van der Waals surface area contributed by atoms with Crippen LogP contribution in [0.15, 0.2) is 42.6 Å². The van der Waals surface area contributed by atoms with E-state index in [1.165, 1.54) is 6.07 Å². The summed E-state index contributed by atoms with van der Waals surface area (Å²) in [4.78, 5) is 15.9. The molecule has 108 valence electrons. The van der Waals surface area contributed by atoms with E-state index >= 15 is 0 Å². The first-order valence-corrected chi connectivity index (χ1v) is 6.37. The summed E-state index contributed by atoms with van der Waals surface area (Å²) in [6.07, 6.45) is -2.76. The number of amides is 1. The third-order valence-corrected chi connectivity index (χ3v) is 3.46. The Labute approximate surface area is 118 Å². The van der Waals surface area contributed by atoms with Gasteiger partial charge >= 0.3 is 6.18 Å². The summed E-state index contributed by atoms with van der Waals surface area (Å²) in [6, 6.07) is 8.55.